The maximum absolute atomic E-state index is 14.6. The number of imide groups is 1. The van der Waals surface area contributed by atoms with E-state index in [-0.39, 0.29) is 30.7 Å². The molecular formula is C26H26FN5O3. The van der Waals surface area contributed by atoms with Crippen molar-refractivity contribution < 1.29 is 18.8 Å². The van der Waals surface area contributed by atoms with Crippen LogP contribution in [-0.2, 0) is 22.7 Å². The molecule has 1 unspecified atom stereocenters. The third-order valence-electron chi connectivity index (χ3n) is 7.59. The number of aromatic amines is 1. The second-order valence-electron chi connectivity index (χ2n) is 9.75. The van der Waals surface area contributed by atoms with Gasteiger partial charge in [0.15, 0.2) is 0 Å². The van der Waals surface area contributed by atoms with Gasteiger partial charge < -0.3 is 4.90 Å². The molecule has 3 aliphatic heterocycles. The Balaban J connectivity index is 1.17. The first-order valence-electron chi connectivity index (χ1n) is 12.1. The van der Waals surface area contributed by atoms with Gasteiger partial charge in [0.25, 0.3) is 5.91 Å². The topological polar surface area (TPSA) is 98.4 Å². The molecule has 8 nitrogen and oxygen atoms in total. The summed E-state index contributed by atoms with van der Waals surface area (Å²) in [5.74, 6) is -1.38. The van der Waals surface area contributed by atoms with Gasteiger partial charge in [0.05, 0.1) is 5.52 Å². The maximum Gasteiger partial charge on any atom is 0.255 e. The number of likely N-dealkylation sites (tertiary alicyclic amines) is 1. The molecule has 0 bridgehead atoms. The van der Waals surface area contributed by atoms with Gasteiger partial charge in [0.1, 0.15) is 11.9 Å². The van der Waals surface area contributed by atoms with Crippen molar-refractivity contribution in [1.82, 2.24) is 25.3 Å². The Bertz CT molecular complexity index is 1340. The molecule has 6 rings (SSSR count). The van der Waals surface area contributed by atoms with Crippen molar-refractivity contribution in [3.63, 3.8) is 0 Å². The van der Waals surface area contributed by atoms with Crippen LogP contribution in [0.5, 0.6) is 0 Å². The van der Waals surface area contributed by atoms with Gasteiger partial charge in [-0.3, -0.25) is 29.7 Å². The van der Waals surface area contributed by atoms with Gasteiger partial charge in [-0.1, -0.05) is 12.1 Å². The van der Waals surface area contributed by atoms with Crippen molar-refractivity contribution in [2.45, 2.75) is 50.7 Å². The normalized spacial score (nSPS) is 21.6. The highest BCUT2D eigenvalue weighted by Gasteiger charge is 2.41. The van der Waals surface area contributed by atoms with E-state index >= 15 is 0 Å². The van der Waals surface area contributed by atoms with Crippen molar-refractivity contribution in [3.8, 4) is 0 Å². The average molecular weight is 476 g/mol. The minimum Gasteiger partial charge on any atom is -0.322 e. The molecule has 1 atom stereocenters. The number of carbonyl (C=O) groups is 3. The molecule has 0 radical (unpaired) electrons. The molecule has 2 aromatic carbocycles. The van der Waals surface area contributed by atoms with Crippen LogP contribution in [0.3, 0.4) is 0 Å². The van der Waals surface area contributed by atoms with Gasteiger partial charge in [-0.05, 0) is 73.2 Å². The van der Waals surface area contributed by atoms with Crippen LogP contribution in [0.1, 0.15) is 58.6 Å². The number of benzene rings is 2. The number of hydrogen-bond acceptors (Lipinski definition) is 5. The molecule has 3 aromatic rings. The van der Waals surface area contributed by atoms with Crippen LogP contribution in [0.15, 0.2) is 36.5 Å². The number of halogens is 1. The second kappa shape index (κ2) is 8.57. The smallest absolute Gasteiger partial charge is 0.255 e. The Kier molecular flexibility index (Phi) is 5.36. The first kappa shape index (κ1) is 21.9. The van der Waals surface area contributed by atoms with Gasteiger partial charge >= 0.3 is 0 Å². The summed E-state index contributed by atoms with van der Waals surface area (Å²) in [7, 11) is 0. The zero-order valence-corrected chi connectivity index (χ0v) is 19.2. The van der Waals surface area contributed by atoms with Crippen molar-refractivity contribution >= 4 is 28.6 Å². The summed E-state index contributed by atoms with van der Waals surface area (Å²) in [4.78, 5) is 40.9. The van der Waals surface area contributed by atoms with E-state index in [2.05, 4.69) is 38.6 Å². The average Bonchev–Trinajstić information content (AvgIpc) is 3.44. The highest BCUT2D eigenvalue weighted by Crippen LogP contribution is 2.38. The van der Waals surface area contributed by atoms with E-state index in [0.29, 0.717) is 12.0 Å². The Morgan fingerprint density at radius 3 is 2.69 bits per heavy atom. The minimum absolute atomic E-state index is 0.152. The maximum atomic E-state index is 14.6. The highest BCUT2D eigenvalue weighted by atomic mass is 19.1. The highest BCUT2D eigenvalue weighted by molar-refractivity contribution is 6.05. The van der Waals surface area contributed by atoms with Crippen LogP contribution < -0.4 is 5.32 Å². The van der Waals surface area contributed by atoms with Crippen molar-refractivity contribution in [3.05, 3.63) is 64.6 Å². The predicted octanol–water partition coefficient (Wildman–Crippen LogP) is 2.84. The molecule has 35 heavy (non-hydrogen) atoms. The number of carbonyl (C=O) groups excluding carboxylic acids is 3. The Morgan fingerprint density at radius 1 is 1.06 bits per heavy atom. The molecule has 2 fully saturated rings. The molecule has 0 aliphatic carbocycles. The Hall–Kier alpha value is -3.59. The Labute approximate surface area is 201 Å². The summed E-state index contributed by atoms with van der Waals surface area (Å²) in [6, 6.07) is 8.45. The molecule has 3 aliphatic rings. The van der Waals surface area contributed by atoms with Crippen LogP contribution in [0.25, 0.3) is 10.9 Å². The molecule has 0 spiro atoms. The molecule has 4 heterocycles. The summed E-state index contributed by atoms with van der Waals surface area (Å²) in [5.41, 5.74) is 4.21. The van der Waals surface area contributed by atoms with E-state index < -0.39 is 17.8 Å². The van der Waals surface area contributed by atoms with Crippen molar-refractivity contribution in [2.75, 3.05) is 13.1 Å². The number of nitrogens with one attached hydrogen (secondary N) is 2. The summed E-state index contributed by atoms with van der Waals surface area (Å²) < 4.78 is 14.6. The number of fused-ring (bicyclic) bond motifs is 2. The third-order valence-corrected chi connectivity index (χ3v) is 7.59. The summed E-state index contributed by atoms with van der Waals surface area (Å²) in [6.07, 6.45) is 4.11. The van der Waals surface area contributed by atoms with E-state index in [1.54, 1.807) is 6.07 Å². The zero-order chi connectivity index (χ0) is 24.1. The first-order chi connectivity index (χ1) is 17.0. The number of hydrogen-bond donors (Lipinski definition) is 2. The fourth-order valence-electron chi connectivity index (χ4n) is 5.76. The lowest BCUT2D eigenvalue weighted by atomic mass is 9.85. The lowest BCUT2D eigenvalue weighted by Crippen LogP contribution is -2.52. The van der Waals surface area contributed by atoms with E-state index in [1.807, 2.05) is 6.20 Å². The number of aromatic nitrogens is 2. The molecule has 180 valence electrons. The van der Waals surface area contributed by atoms with Crippen LogP contribution in [0.4, 0.5) is 4.39 Å². The minimum atomic E-state index is -0.697. The van der Waals surface area contributed by atoms with Crippen molar-refractivity contribution in [2.24, 2.45) is 0 Å². The third kappa shape index (κ3) is 3.99. The lowest BCUT2D eigenvalue weighted by Gasteiger charge is -2.33. The van der Waals surface area contributed by atoms with Gasteiger partial charge in [-0.2, -0.15) is 5.10 Å². The lowest BCUT2D eigenvalue weighted by molar-refractivity contribution is -0.136. The molecule has 3 amide bonds. The van der Waals surface area contributed by atoms with Crippen LogP contribution in [0.2, 0.25) is 0 Å². The fraction of sp³-hybridized carbons (Fsp3) is 0.385. The number of H-pyrrole nitrogens is 1. The monoisotopic (exact) mass is 475 g/mol. The number of rotatable bonds is 4. The number of amides is 3. The van der Waals surface area contributed by atoms with Crippen LogP contribution in [0, 0.1) is 5.82 Å². The van der Waals surface area contributed by atoms with Crippen LogP contribution >= 0.6 is 0 Å². The molecule has 0 saturated carbocycles. The number of nitrogens with zero attached hydrogens (tertiary/aromatic N) is 3. The molecule has 2 saturated heterocycles. The largest absolute Gasteiger partial charge is 0.322 e. The summed E-state index contributed by atoms with van der Waals surface area (Å²) >= 11 is 0. The summed E-state index contributed by atoms with van der Waals surface area (Å²) in [5, 5.41) is 10.6. The SMILES string of the molecule is O=C1CCC(N2Cc3c(cc(F)cc3C3CCN(Cc4ccc5c[nH]nc5c4)CC3)C2=O)C(=O)N1. The number of piperidine rings is 2. The first-order valence-corrected chi connectivity index (χ1v) is 12.1. The van der Waals surface area contributed by atoms with E-state index in [4.69, 9.17) is 0 Å². The van der Waals surface area contributed by atoms with Gasteiger partial charge in [-0.15, -0.1) is 0 Å². The predicted molar refractivity (Wildman–Crippen MR) is 126 cm³/mol. The van der Waals surface area contributed by atoms with E-state index in [9.17, 15) is 18.8 Å². The molecule has 9 heteroatoms. The zero-order valence-electron chi connectivity index (χ0n) is 19.2. The summed E-state index contributed by atoms with van der Waals surface area (Å²) in [6.45, 7) is 2.86. The fourth-order valence-corrected chi connectivity index (χ4v) is 5.76. The van der Waals surface area contributed by atoms with Gasteiger partial charge in [0, 0.05) is 36.7 Å². The van der Waals surface area contributed by atoms with Gasteiger partial charge in [-0.25, -0.2) is 4.39 Å². The molecule has 1 aromatic heterocycles. The van der Waals surface area contributed by atoms with Crippen LogP contribution in [-0.4, -0.2) is 56.9 Å². The molecule has 2 N–H and O–H groups in total. The van der Waals surface area contributed by atoms with E-state index in [1.165, 1.54) is 16.5 Å². The molecular weight excluding hydrogens is 449 g/mol. The second-order valence-corrected chi connectivity index (χ2v) is 9.75. The quantitative estimate of drug-likeness (QED) is 0.566. The van der Waals surface area contributed by atoms with E-state index in [0.717, 1.165) is 54.5 Å². The van der Waals surface area contributed by atoms with Crippen molar-refractivity contribution in [1.29, 1.82) is 0 Å². The van der Waals surface area contributed by atoms with Gasteiger partial charge in [0.2, 0.25) is 11.8 Å². The standard InChI is InChI=1S/C26H26FN5O3/c27-18-10-19(21-14-32(26(35)20(21)11-18)23-3-4-24(33)29-25(23)34)16-5-7-31(8-6-16)13-15-1-2-17-12-28-30-22(17)9-15/h1-2,9-12,16,23H,3-8,13-14H2,(H,28,30)(H,29,33,34). The Morgan fingerprint density at radius 2 is 1.89 bits per heavy atom.